The van der Waals surface area contributed by atoms with Gasteiger partial charge in [-0.15, -0.1) is 0 Å². The number of hydrazone groups is 1. The number of rotatable bonds is 5. The molecule has 0 aliphatic carbocycles. The number of nitrogens with one attached hydrogen (secondary N) is 2. The van der Waals surface area contributed by atoms with Gasteiger partial charge in [0.25, 0.3) is 5.91 Å². The number of halogens is 1. The van der Waals surface area contributed by atoms with Crippen molar-refractivity contribution in [2.24, 2.45) is 5.10 Å². The van der Waals surface area contributed by atoms with Crippen LogP contribution in [-0.2, 0) is 4.79 Å². The lowest BCUT2D eigenvalue weighted by molar-refractivity contribution is -0.123. The lowest BCUT2D eigenvalue weighted by Gasteiger charge is -2.11. The van der Waals surface area contributed by atoms with Crippen molar-refractivity contribution in [2.45, 2.75) is 13.8 Å². The second-order valence-electron chi connectivity index (χ2n) is 4.58. The van der Waals surface area contributed by atoms with Gasteiger partial charge in [0.05, 0.1) is 11.9 Å². The van der Waals surface area contributed by atoms with Crippen LogP contribution in [0.25, 0.3) is 0 Å². The molecule has 0 saturated carbocycles. The van der Waals surface area contributed by atoms with Crippen LogP contribution in [0.3, 0.4) is 0 Å². The third kappa shape index (κ3) is 4.46. The van der Waals surface area contributed by atoms with Crippen LogP contribution in [0, 0.1) is 13.8 Å². The normalized spacial score (nSPS) is 10.8. The number of aryl methyl sites for hydroxylation is 2. The van der Waals surface area contributed by atoms with Crippen molar-refractivity contribution in [3.63, 3.8) is 0 Å². The Morgan fingerprint density at radius 1 is 1.43 bits per heavy atom. The maximum absolute atomic E-state index is 11.7. The van der Waals surface area contributed by atoms with Crippen LogP contribution in [-0.4, -0.2) is 23.7 Å². The average molecular weight is 350 g/mol. The Morgan fingerprint density at radius 2 is 2.14 bits per heavy atom. The molecule has 1 heterocycles. The molecular formula is C15H16BrN3O2. The van der Waals surface area contributed by atoms with Crippen molar-refractivity contribution < 1.29 is 9.53 Å². The SMILES string of the molecule is Cc1cc(Br)cc(C)c1OCC(=O)N/N=C/c1ccc[nH]1. The van der Waals surface area contributed by atoms with Gasteiger partial charge in [0.2, 0.25) is 0 Å². The first-order chi connectivity index (χ1) is 10.1. The van der Waals surface area contributed by atoms with Crippen molar-refractivity contribution in [1.82, 2.24) is 10.4 Å². The number of carbonyl (C=O) groups is 1. The highest BCUT2D eigenvalue weighted by Gasteiger charge is 2.08. The van der Waals surface area contributed by atoms with Crippen LogP contribution >= 0.6 is 15.9 Å². The summed E-state index contributed by atoms with van der Waals surface area (Å²) in [6.45, 7) is 3.80. The van der Waals surface area contributed by atoms with E-state index in [2.05, 4.69) is 31.4 Å². The van der Waals surface area contributed by atoms with E-state index < -0.39 is 0 Å². The molecule has 1 amide bonds. The number of nitrogens with zero attached hydrogens (tertiary/aromatic N) is 1. The van der Waals surface area contributed by atoms with Crippen LogP contribution in [0.5, 0.6) is 5.75 Å². The molecule has 0 bridgehead atoms. The van der Waals surface area contributed by atoms with Crippen molar-refractivity contribution in [1.29, 1.82) is 0 Å². The molecule has 1 aromatic heterocycles. The first-order valence-electron chi connectivity index (χ1n) is 6.41. The molecule has 0 aliphatic rings. The number of ether oxygens (including phenoxy) is 1. The van der Waals surface area contributed by atoms with E-state index in [1.165, 1.54) is 6.21 Å². The molecule has 0 spiro atoms. The number of H-pyrrole nitrogens is 1. The Balaban J connectivity index is 1.87. The lowest BCUT2D eigenvalue weighted by Crippen LogP contribution is -2.25. The summed E-state index contributed by atoms with van der Waals surface area (Å²) in [5, 5.41) is 3.84. The van der Waals surface area contributed by atoms with Gasteiger partial charge in [-0.2, -0.15) is 5.10 Å². The van der Waals surface area contributed by atoms with Crippen LogP contribution in [0.4, 0.5) is 0 Å². The quantitative estimate of drug-likeness (QED) is 0.643. The van der Waals surface area contributed by atoms with Gasteiger partial charge in [-0.1, -0.05) is 15.9 Å². The van der Waals surface area contributed by atoms with Gasteiger partial charge >= 0.3 is 0 Å². The summed E-state index contributed by atoms with van der Waals surface area (Å²) in [6.07, 6.45) is 3.32. The molecule has 2 aromatic rings. The van der Waals surface area contributed by atoms with Crippen LogP contribution in [0.2, 0.25) is 0 Å². The van der Waals surface area contributed by atoms with Gasteiger partial charge in [-0.25, -0.2) is 5.43 Å². The monoisotopic (exact) mass is 349 g/mol. The molecule has 0 saturated heterocycles. The minimum atomic E-state index is -0.306. The number of carbonyl (C=O) groups excluding carboxylic acids is 1. The first-order valence-corrected chi connectivity index (χ1v) is 7.20. The van der Waals surface area contributed by atoms with E-state index in [9.17, 15) is 4.79 Å². The van der Waals surface area contributed by atoms with E-state index in [-0.39, 0.29) is 12.5 Å². The molecule has 0 unspecified atom stereocenters. The van der Waals surface area contributed by atoms with Gasteiger partial charge < -0.3 is 9.72 Å². The summed E-state index contributed by atoms with van der Waals surface area (Å²) in [5.41, 5.74) is 5.19. The van der Waals surface area contributed by atoms with Crippen molar-refractivity contribution in [2.75, 3.05) is 6.61 Å². The number of amides is 1. The molecule has 5 nitrogen and oxygen atoms in total. The highest BCUT2D eigenvalue weighted by atomic mass is 79.9. The summed E-state index contributed by atoms with van der Waals surface area (Å²) < 4.78 is 6.55. The Bertz CT molecular complexity index is 628. The fraction of sp³-hybridized carbons (Fsp3) is 0.200. The molecular weight excluding hydrogens is 334 g/mol. The third-order valence-electron chi connectivity index (χ3n) is 2.79. The summed E-state index contributed by atoms with van der Waals surface area (Å²) in [5.74, 6) is 0.418. The standard InChI is InChI=1S/C15H16BrN3O2/c1-10-6-12(16)7-11(2)15(10)21-9-14(20)19-18-8-13-4-3-5-17-13/h3-8,17H,9H2,1-2H3,(H,19,20)/b18-8+. The number of hydrogen-bond donors (Lipinski definition) is 2. The zero-order valence-corrected chi connectivity index (χ0v) is 13.4. The molecule has 0 fully saturated rings. The molecule has 1 aromatic carbocycles. The molecule has 110 valence electrons. The van der Waals surface area contributed by atoms with E-state index in [0.717, 1.165) is 27.0 Å². The molecule has 2 N–H and O–H groups in total. The van der Waals surface area contributed by atoms with E-state index >= 15 is 0 Å². The van der Waals surface area contributed by atoms with Gasteiger partial charge in [-0.3, -0.25) is 4.79 Å². The van der Waals surface area contributed by atoms with E-state index in [1.54, 1.807) is 6.20 Å². The lowest BCUT2D eigenvalue weighted by atomic mass is 10.1. The largest absolute Gasteiger partial charge is 0.483 e. The summed E-state index contributed by atoms with van der Waals surface area (Å²) in [4.78, 5) is 14.6. The van der Waals surface area contributed by atoms with Gasteiger partial charge in [0.1, 0.15) is 5.75 Å². The maximum Gasteiger partial charge on any atom is 0.277 e. The summed E-state index contributed by atoms with van der Waals surface area (Å²) in [6, 6.07) is 7.60. The number of aromatic nitrogens is 1. The highest BCUT2D eigenvalue weighted by Crippen LogP contribution is 2.27. The van der Waals surface area contributed by atoms with Crippen molar-refractivity contribution in [3.05, 3.63) is 51.8 Å². The second-order valence-corrected chi connectivity index (χ2v) is 5.49. The Kier molecular flexibility index (Phi) is 5.16. The van der Waals surface area contributed by atoms with E-state index in [4.69, 9.17) is 4.74 Å². The van der Waals surface area contributed by atoms with Crippen LogP contribution < -0.4 is 10.2 Å². The minimum absolute atomic E-state index is 0.0780. The first kappa shape index (κ1) is 15.3. The average Bonchev–Trinajstić information content (AvgIpc) is 2.90. The predicted molar refractivity (Wildman–Crippen MR) is 85.6 cm³/mol. The van der Waals surface area contributed by atoms with Gasteiger partial charge in [-0.05, 0) is 49.2 Å². The van der Waals surface area contributed by atoms with Gasteiger partial charge in [0.15, 0.2) is 6.61 Å². The molecule has 0 aliphatic heterocycles. The minimum Gasteiger partial charge on any atom is -0.483 e. The molecule has 0 radical (unpaired) electrons. The molecule has 6 heteroatoms. The summed E-state index contributed by atoms with van der Waals surface area (Å²) in [7, 11) is 0. The predicted octanol–water partition coefficient (Wildman–Crippen LogP) is 2.92. The fourth-order valence-corrected chi connectivity index (χ4v) is 2.58. The van der Waals surface area contributed by atoms with Crippen LogP contribution in [0.1, 0.15) is 16.8 Å². The highest BCUT2D eigenvalue weighted by molar-refractivity contribution is 9.10. The maximum atomic E-state index is 11.7. The Hall–Kier alpha value is -2.08. The number of aromatic amines is 1. The van der Waals surface area contributed by atoms with E-state index in [1.807, 2.05) is 38.1 Å². The summed E-state index contributed by atoms with van der Waals surface area (Å²) >= 11 is 3.42. The zero-order valence-electron chi connectivity index (χ0n) is 11.8. The fourth-order valence-electron chi connectivity index (χ4n) is 1.89. The zero-order chi connectivity index (χ0) is 15.2. The molecule has 0 atom stereocenters. The van der Waals surface area contributed by atoms with Crippen LogP contribution in [0.15, 0.2) is 40.0 Å². The number of benzene rings is 1. The smallest absolute Gasteiger partial charge is 0.277 e. The Morgan fingerprint density at radius 3 is 2.76 bits per heavy atom. The van der Waals surface area contributed by atoms with E-state index in [0.29, 0.717) is 0 Å². The van der Waals surface area contributed by atoms with Gasteiger partial charge in [0, 0.05) is 10.7 Å². The molecule has 21 heavy (non-hydrogen) atoms. The second kappa shape index (κ2) is 7.08. The topological polar surface area (TPSA) is 66.5 Å². The van der Waals surface area contributed by atoms with Crippen molar-refractivity contribution in [3.8, 4) is 5.75 Å². The third-order valence-corrected chi connectivity index (χ3v) is 3.25. The molecule has 2 rings (SSSR count). The Labute approximate surface area is 131 Å². The number of hydrogen-bond acceptors (Lipinski definition) is 3. The van der Waals surface area contributed by atoms with Crippen molar-refractivity contribution >= 4 is 28.1 Å².